The Balaban J connectivity index is 1.72. The van der Waals surface area contributed by atoms with Gasteiger partial charge in [-0.15, -0.1) is 0 Å². The zero-order chi connectivity index (χ0) is 22.4. The molecule has 2 aromatic rings. The average molecular weight is 434 g/mol. The highest BCUT2D eigenvalue weighted by Gasteiger charge is 2.47. The van der Waals surface area contributed by atoms with Crippen LogP contribution >= 0.6 is 0 Å². The van der Waals surface area contributed by atoms with Gasteiger partial charge in [-0.05, 0) is 17.7 Å². The number of Topliss-reactive ketones (excluding diaryl/α,β-unsaturated/α-hetero) is 1. The largest absolute Gasteiger partial charge is 0.508 e. The third kappa shape index (κ3) is 3.58. The molecule has 1 saturated heterocycles. The van der Waals surface area contributed by atoms with E-state index in [9.17, 15) is 40.5 Å². The fourth-order valence-corrected chi connectivity index (χ4v) is 3.97. The van der Waals surface area contributed by atoms with E-state index in [1.165, 1.54) is 12.1 Å². The topological polar surface area (TPSA) is 177 Å². The molecule has 0 unspecified atom stereocenters. The maximum atomic E-state index is 12.8. The molecule has 0 spiro atoms. The van der Waals surface area contributed by atoms with Crippen molar-refractivity contribution in [3.63, 3.8) is 0 Å². The van der Waals surface area contributed by atoms with E-state index in [4.69, 9.17) is 9.47 Å². The van der Waals surface area contributed by atoms with Crippen molar-refractivity contribution in [2.45, 2.75) is 43.0 Å². The number of benzene rings is 2. The van der Waals surface area contributed by atoms with Gasteiger partial charge >= 0.3 is 0 Å². The quantitative estimate of drug-likeness (QED) is 0.348. The molecule has 2 heterocycles. The fourth-order valence-electron chi connectivity index (χ4n) is 3.97. The van der Waals surface area contributed by atoms with Gasteiger partial charge in [-0.3, -0.25) is 4.79 Å². The number of carbonyl (C=O) groups excluding carboxylic acids is 1. The molecule has 2 aliphatic rings. The van der Waals surface area contributed by atoms with Crippen LogP contribution in [0.15, 0.2) is 30.3 Å². The Bertz CT molecular complexity index is 987. The molecule has 0 aromatic heterocycles. The van der Waals surface area contributed by atoms with Crippen molar-refractivity contribution < 1.29 is 50.0 Å². The van der Waals surface area contributed by atoms with Crippen molar-refractivity contribution >= 4 is 5.78 Å². The van der Waals surface area contributed by atoms with Crippen LogP contribution in [0.1, 0.15) is 40.1 Å². The summed E-state index contributed by atoms with van der Waals surface area (Å²) in [4.78, 5) is 12.8. The van der Waals surface area contributed by atoms with Crippen LogP contribution in [0, 0.1) is 0 Å². The summed E-state index contributed by atoms with van der Waals surface area (Å²) in [5.41, 5.74) is 0.0178. The van der Waals surface area contributed by atoms with E-state index >= 15 is 0 Å². The number of carbonyl (C=O) groups is 1. The Morgan fingerprint density at radius 2 is 1.65 bits per heavy atom. The lowest BCUT2D eigenvalue weighted by Crippen LogP contribution is -2.55. The lowest BCUT2D eigenvalue weighted by molar-refractivity contribution is -0.232. The lowest BCUT2D eigenvalue weighted by Gasteiger charge is -2.40. The van der Waals surface area contributed by atoms with Gasteiger partial charge in [-0.2, -0.15) is 0 Å². The molecule has 6 atom stereocenters. The molecule has 2 aliphatic heterocycles. The summed E-state index contributed by atoms with van der Waals surface area (Å²) in [6.07, 6.45) is -8.72. The van der Waals surface area contributed by atoms with Gasteiger partial charge in [0.1, 0.15) is 65.2 Å². The summed E-state index contributed by atoms with van der Waals surface area (Å²) in [6, 6.07) is 7.14. The molecule has 4 rings (SSSR count). The van der Waals surface area contributed by atoms with E-state index in [0.717, 1.165) is 6.07 Å². The van der Waals surface area contributed by atoms with Gasteiger partial charge in [0.05, 0.1) is 18.6 Å². The number of rotatable bonds is 3. The number of ketones is 1. The Morgan fingerprint density at radius 3 is 2.29 bits per heavy atom. The van der Waals surface area contributed by atoms with E-state index in [2.05, 4.69) is 0 Å². The van der Waals surface area contributed by atoms with Crippen LogP contribution < -0.4 is 4.74 Å². The average Bonchev–Trinajstić information content (AvgIpc) is 2.73. The summed E-state index contributed by atoms with van der Waals surface area (Å²) in [7, 11) is 0. The number of hydrogen-bond acceptors (Lipinski definition) is 10. The highest BCUT2D eigenvalue weighted by Crippen LogP contribution is 2.49. The summed E-state index contributed by atoms with van der Waals surface area (Å²) < 4.78 is 11.2. The van der Waals surface area contributed by atoms with Gasteiger partial charge in [0, 0.05) is 6.07 Å². The first kappa shape index (κ1) is 21.3. The zero-order valence-electron chi connectivity index (χ0n) is 16.1. The molecule has 0 saturated carbocycles. The predicted octanol–water partition coefficient (Wildman–Crippen LogP) is 0.0248. The van der Waals surface area contributed by atoms with Gasteiger partial charge in [-0.25, -0.2) is 0 Å². The predicted molar refractivity (Wildman–Crippen MR) is 103 cm³/mol. The molecule has 7 N–H and O–H groups in total. The molecular formula is C21H22O10. The van der Waals surface area contributed by atoms with Crippen molar-refractivity contribution in [1.29, 1.82) is 0 Å². The van der Waals surface area contributed by atoms with Gasteiger partial charge in [-0.1, -0.05) is 12.1 Å². The monoisotopic (exact) mass is 434 g/mol. The van der Waals surface area contributed by atoms with Crippen LogP contribution in [-0.4, -0.2) is 72.6 Å². The number of ether oxygens (including phenoxy) is 2. The van der Waals surface area contributed by atoms with Gasteiger partial charge in [0.15, 0.2) is 5.78 Å². The van der Waals surface area contributed by atoms with Crippen molar-refractivity contribution in [3.05, 3.63) is 47.0 Å². The van der Waals surface area contributed by atoms with E-state index < -0.39 is 60.5 Å². The van der Waals surface area contributed by atoms with Crippen molar-refractivity contribution in [3.8, 4) is 23.0 Å². The number of phenolic OH excluding ortho intramolecular Hbond substituents is 3. The first-order valence-electron chi connectivity index (χ1n) is 9.61. The van der Waals surface area contributed by atoms with Crippen molar-refractivity contribution in [2.24, 2.45) is 0 Å². The highest BCUT2D eigenvalue weighted by atomic mass is 16.5. The minimum absolute atomic E-state index is 0.0470. The van der Waals surface area contributed by atoms with E-state index in [-0.39, 0.29) is 29.0 Å². The van der Waals surface area contributed by atoms with E-state index in [1.54, 1.807) is 12.1 Å². The zero-order valence-corrected chi connectivity index (χ0v) is 16.1. The minimum atomic E-state index is -1.75. The smallest absolute Gasteiger partial charge is 0.174 e. The third-order valence-corrected chi connectivity index (χ3v) is 5.64. The Morgan fingerprint density at radius 1 is 0.968 bits per heavy atom. The molecule has 10 nitrogen and oxygen atoms in total. The number of fused-ring (bicyclic) bond motifs is 1. The second-order valence-electron chi connectivity index (χ2n) is 7.61. The molecule has 166 valence electrons. The molecule has 10 heteroatoms. The molecule has 0 radical (unpaired) electrons. The maximum absolute atomic E-state index is 12.8. The summed E-state index contributed by atoms with van der Waals surface area (Å²) >= 11 is 0. The number of phenols is 3. The Kier molecular flexibility index (Phi) is 5.50. The van der Waals surface area contributed by atoms with Crippen LogP contribution in [0.2, 0.25) is 0 Å². The first-order valence-corrected chi connectivity index (χ1v) is 9.61. The Labute approximate surface area is 176 Å². The van der Waals surface area contributed by atoms with Gasteiger partial charge < -0.3 is 45.2 Å². The van der Waals surface area contributed by atoms with E-state index in [0.29, 0.717) is 5.56 Å². The van der Waals surface area contributed by atoms with E-state index in [1.807, 2.05) is 0 Å². The molecule has 31 heavy (non-hydrogen) atoms. The normalized spacial score (nSPS) is 30.5. The van der Waals surface area contributed by atoms with Crippen molar-refractivity contribution in [1.82, 2.24) is 0 Å². The third-order valence-electron chi connectivity index (χ3n) is 5.64. The van der Waals surface area contributed by atoms with Crippen LogP contribution in [0.5, 0.6) is 23.0 Å². The number of hydrogen-bond donors (Lipinski definition) is 7. The number of aliphatic hydroxyl groups is 4. The van der Waals surface area contributed by atoms with Crippen LogP contribution in [-0.2, 0) is 4.74 Å². The number of aromatic hydroxyl groups is 3. The molecule has 0 aliphatic carbocycles. The van der Waals surface area contributed by atoms with Crippen molar-refractivity contribution in [2.75, 3.05) is 6.61 Å². The fraction of sp³-hybridized carbons (Fsp3) is 0.381. The second-order valence-corrected chi connectivity index (χ2v) is 7.61. The molecular weight excluding hydrogens is 412 g/mol. The highest BCUT2D eigenvalue weighted by molar-refractivity contribution is 6.03. The molecule has 1 fully saturated rings. The lowest BCUT2D eigenvalue weighted by atomic mass is 9.87. The SMILES string of the molecule is O=C1C[C@@H](c2ccc(O)cc2)Oc2cc(O)c([C@@H]3O[C@@H](CO)[C@@H](O)[C@H](O)[C@@H]3O)c(O)c21. The van der Waals surface area contributed by atoms with Gasteiger partial charge in [0.2, 0.25) is 0 Å². The summed E-state index contributed by atoms with van der Waals surface area (Å²) in [6.45, 7) is -0.690. The molecule has 0 bridgehead atoms. The van der Waals surface area contributed by atoms with Gasteiger partial charge in [0.25, 0.3) is 0 Å². The first-order chi connectivity index (χ1) is 14.7. The molecule has 0 amide bonds. The Hall–Kier alpha value is -2.89. The van der Waals surface area contributed by atoms with Crippen LogP contribution in [0.4, 0.5) is 0 Å². The van der Waals surface area contributed by atoms with Crippen LogP contribution in [0.3, 0.4) is 0 Å². The standard InChI is InChI=1S/C21H22O10/c22-7-14-17(26)19(28)20(29)21(31-14)16-11(25)6-13-15(18(16)27)10(24)5-12(30-13)8-1-3-9(23)4-2-8/h1-4,6,12,14,17,19-23,25-29H,5,7H2/t12-,14-,17+,19-,20-,21-/m0/s1. The number of aliphatic hydroxyl groups excluding tert-OH is 4. The molecule has 2 aromatic carbocycles. The minimum Gasteiger partial charge on any atom is -0.508 e. The maximum Gasteiger partial charge on any atom is 0.174 e. The summed E-state index contributed by atoms with van der Waals surface area (Å²) in [5.74, 6) is -1.79. The van der Waals surface area contributed by atoms with Crippen LogP contribution in [0.25, 0.3) is 0 Å². The second kappa shape index (κ2) is 7.98. The summed E-state index contributed by atoms with van der Waals surface area (Å²) in [5, 5.41) is 70.4.